The van der Waals surface area contributed by atoms with Crippen LogP contribution in [0.3, 0.4) is 0 Å². The van der Waals surface area contributed by atoms with Crippen LogP contribution >= 0.6 is 0 Å². The summed E-state index contributed by atoms with van der Waals surface area (Å²) < 4.78 is 9.22. The van der Waals surface area contributed by atoms with Crippen molar-refractivity contribution in [2.24, 2.45) is 0 Å². The van der Waals surface area contributed by atoms with E-state index < -0.39 is 0 Å². The van der Waals surface area contributed by atoms with E-state index >= 15 is 0 Å². The Labute approximate surface area is 426 Å². The van der Waals surface area contributed by atoms with Crippen molar-refractivity contribution in [1.29, 1.82) is 0 Å². The predicted molar refractivity (Wildman–Crippen MR) is 302 cm³/mol. The average molecular weight is 941 g/mol. The first kappa shape index (κ1) is 46.5. The number of benzene rings is 8. The van der Waals surface area contributed by atoms with Crippen molar-refractivity contribution in [3.05, 3.63) is 251 Å². The van der Waals surface area contributed by atoms with Crippen LogP contribution in [0, 0.1) is 0 Å². The minimum absolute atomic E-state index is 0.00877. The Morgan fingerprint density at radius 3 is 1.49 bits per heavy atom. The highest BCUT2D eigenvalue weighted by Gasteiger charge is 2.38. The summed E-state index contributed by atoms with van der Waals surface area (Å²) >= 11 is 0. The summed E-state index contributed by atoms with van der Waals surface area (Å²) in [5.41, 5.74) is 14.8. The highest BCUT2D eigenvalue weighted by Crippen LogP contribution is 2.52. The van der Waals surface area contributed by atoms with Crippen molar-refractivity contribution in [3.63, 3.8) is 0 Å². The topological polar surface area (TPSA) is 33.5 Å². The summed E-state index contributed by atoms with van der Waals surface area (Å²) in [5.74, 6) is 2.39. The number of rotatable bonds is 11. The smallest absolute Gasteiger partial charge is 0.137 e. The summed E-state index contributed by atoms with van der Waals surface area (Å²) in [6, 6.07) is 74.8. The molecule has 0 amide bonds. The van der Waals surface area contributed by atoms with Gasteiger partial charge in [-0.2, -0.15) is 0 Å². The van der Waals surface area contributed by atoms with Crippen LogP contribution in [0.4, 0.5) is 22.7 Å². The largest absolute Gasteiger partial charge is 0.457 e. The third-order valence-corrected chi connectivity index (χ3v) is 15.5. The molecule has 0 spiro atoms. The predicted octanol–water partition coefficient (Wildman–Crippen LogP) is 17.5. The van der Waals surface area contributed by atoms with Gasteiger partial charge in [0.25, 0.3) is 0 Å². The molecular weight excluding hydrogens is 877 g/mol. The lowest BCUT2D eigenvalue weighted by Crippen LogP contribution is -2.28. The number of hydrogen-bond donors (Lipinski definition) is 0. The highest BCUT2D eigenvalue weighted by molar-refractivity contribution is 6.09. The Hall–Kier alpha value is -7.89. The molecule has 1 aliphatic rings. The van der Waals surface area contributed by atoms with Gasteiger partial charge in [0.05, 0.1) is 22.4 Å². The number of ether oxygens (including phenoxy) is 1. The molecule has 0 unspecified atom stereocenters. The second-order valence-electron chi connectivity index (χ2n) is 22.2. The van der Waals surface area contributed by atoms with E-state index in [1.165, 1.54) is 55.7 Å². The summed E-state index contributed by atoms with van der Waals surface area (Å²) in [7, 11) is 0. The number of para-hydroxylation sites is 1. The van der Waals surface area contributed by atoms with Crippen LogP contribution in [-0.4, -0.2) is 16.2 Å². The number of aromatic nitrogens is 2. The van der Waals surface area contributed by atoms with Crippen molar-refractivity contribution < 1.29 is 4.74 Å². The van der Waals surface area contributed by atoms with Gasteiger partial charge in [-0.25, -0.2) is 4.98 Å². The first-order valence-corrected chi connectivity index (χ1v) is 25.4. The van der Waals surface area contributed by atoms with Gasteiger partial charge in [0.15, 0.2) is 0 Å². The average Bonchev–Trinajstić information content (AvgIpc) is 3.94. The van der Waals surface area contributed by atoms with Crippen molar-refractivity contribution >= 4 is 44.6 Å². The number of anilines is 4. The van der Waals surface area contributed by atoms with Gasteiger partial charge in [-0.1, -0.05) is 190 Å². The normalized spacial score (nSPS) is 13.2. The summed E-state index contributed by atoms with van der Waals surface area (Å²) in [4.78, 5) is 9.97. The fourth-order valence-corrected chi connectivity index (χ4v) is 11.0. The first-order chi connectivity index (χ1) is 34.6. The number of pyridine rings is 1. The monoisotopic (exact) mass is 941 g/mol. The van der Waals surface area contributed by atoms with Crippen molar-refractivity contribution in [2.45, 2.75) is 84.0 Å². The zero-order valence-electron chi connectivity index (χ0n) is 43.1. The highest BCUT2D eigenvalue weighted by atomic mass is 16.5. The first-order valence-electron chi connectivity index (χ1n) is 25.4. The third-order valence-electron chi connectivity index (χ3n) is 15.5. The summed E-state index contributed by atoms with van der Waals surface area (Å²) in [6.07, 6.45) is 1.94. The Morgan fingerprint density at radius 2 is 0.889 bits per heavy atom. The molecular formula is C67H64N4O. The van der Waals surface area contributed by atoms with Gasteiger partial charge >= 0.3 is 0 Å². The van der Waals surface area contributed by atoms with Crippen molar-refractivity contribution in [2.75, 3.05) is 16.5 Å². The van der Waals surface area contributed by atoms with Crippen LogP contribution in [-0.2, 0) is 21.7 Å². The van der Waals surface area contributed by atoms with Gasteiger partial charge in [-0.15, -0.1) is 0 Å². The molecule has 358 valence electrons. The Bertz CT molecular complexity index is 3600. The lowest BCUT2D eigenvalue weighted by Gasteiger charge is -2.36. The van der Waals surface area contributed by atoms with Crippen LogP contribution < -0.4 is 14.5 Å². The van der Waals surface area contributed by atoms with E-state index in [0.29, 0.717) is 6.67 Å². The maximum Gasteiger partial charge on any atom is 0.137 e. The Kier molecular flexibility index (Phi) is 11.5. The quantitative estimate of drug-likeness (QED) is 0.129. The lowest BCUT2D eigenvalue weighted by molar-refractivity contribution is 0.483. The van der Waals surface area contributed by atoms with Gasteiger partial charge in [0, 0.05) is 56.7 Å². The van der Waals surface area contributed by atoms with E-state index in [0.717, 1.165) is 45.1 Å². The van der Waals surface area contributed by atoms with Gasteiger partial charge in [-0.3, -0.25) is 4.57 Å². The SMILES string of the molecule is CC(C)(C)c1cccc(N2CN(c3cccc(Oc4ccc5c6ccccc6n(-c6cc(C(C)(C)c7ccccc7)ccn6)c5c4)c3)c3cc(C(C)(C)c4ccccc4)c(C(C)(C)c4ccccc4)cc32)c1. The van der Waals surface area contributed by atoms with Crippen molar-refractivity contribution in [3.8, 4) is 17.3 Å². The molecule has 0 aliphatic carbocycles. The van der Waals surface area contributed by atoms with Gasteiger partial charge in [0.1, 0.15) is 24.0 Å². The zero-order valence-corrected chi connectivity index (χ0v) is 43.1. The molecule has 11 rings (SSSR count). The second kappa shape index (κ2) is 17.8. The molecule has 0 bridgehead atoms. The molecule has 5 heteroatoms. The molecule has 8 aromatic carbocycles. The molecule has 5 nitrogen and oxygen atoms in total. The van der Waals surface area contributed by atoms with E-state index in [1.807, 2.05) is 6.20 Å². The molecule has 0 atom stereocenters. The fourth-order valence-electron chi connectivity index (χ4n) is 11.0. The van der Waals surface area contributed by atoms with E-state index in [4.69, 9.17) is 9.72 Å². The van der Waals surface area contributed by atoms with E-state index in [9.17, 15) is 0 Å². The Balaban J connectivity index is 1.02. The third kappa shape index (κ3) is 8.21. The standard InChI is InChI=1S/C67H64N4O/c1-64(2,3)49-29-21-30-51(39-49)69-45-70(62-44-58(67(8,9)48-27-17-12-18-28-48)57(43-61(62)69)66(6,7)47-25-15-11-16-26-47)52-31-22-32-53(41-52)72-54-35-36-56-55-33-19-20-34-59(55)71(60(56)42-54)63-40-50(37-38-68-63)65(4,5)46-23-13-10-14-24-46/h10-44H,45H2,1-9H3. The molecule has 0 fully saturated rings. The van der Waals surface area contributed by atoms with E-state index in [2.05, 4.69) is 283 Å². The Morgan fingerprint density at radius 1 is 0.389 bits per heavy atom. The minimum Gasteiger partial charge on any atom is -0.457 e. The van der Waals surface area contributed by atoms with Gasteiger partial charge in [-0.05, 0) is 111 Å². The van der Waals surface area contributed by atoms with Crippen LogP contribution in [0.2, 0.25) is 0 Å². The molecule has 3 heterocycles. The molecule has 0 N–H and O–H groups in total. The van der Waals surface area contributed by atoms with Crippen LogP contribution in [0.25, 0.3) is 27.6 Å². The van der Waals surface area contributed by atoms with Crippen molar-refractivity contribution in [1.82, 2.24) is 9.55 Å². The molecule has 10 aromatic rings. The van der Waals surface area contributed by atoms with Gasteiger partial charge in [0.2, 0.25) is 0 Å². The molecule has 2 aromatic heterocycles. The zero-order chi connectivity index (χ0) is 50.0. The summed E-state index contributed by atoms with van der Waals surface area (Å²) in [5, 5.41) is 2.32. The maximum absolute atomic E-state index is 6.94. The molecule has 0 radical (unpaired) electrons. The second-order valence-corrected chi connectivity index (χ2v) is 22.2. The maximum atomic E-state index is 6.94. The molecule has 1 aliphatic heterocycles. The number of hydrogen-bond acceptors (Lipinski definition) is 4. The lowest BCUT2D eigenvalue weighted by atomic mass is 9.68. The number of fused-ring (bicyclic) bond motifs is 4. The van der Waals surface area contributed by atoms with E-state index in [-0.39, 0.29) is 21.7 Å². The van der Waals surface area contributed by atoms with Crippen LogP contribution in [0.1, 0.15) is 101 Å². The molecule has 0 saturated carbocycles. The van der Waals surface area contributed by atoms with Crippen LogP contribution in [0.15, 0.2) is 212 Å². The minimum atomic E-state index is -0.316. The fraction of sp³-hybridized carbons (Fsp3) is 0.209. The van der Waals surface area contributed by atoms with Crippen LogP contribution in [0.5, 0.6) is 11.5 Å². The molecule has 0 saturated heterocycles. The molecule has 72 heavy (non-hydrogen) atoms. The number of nitrogens with zero attached hydrogens (tertiary/aromatic N) is 4. The summed E-state index contributed by atoms with van der Waals surface area (Å²) in [6.45, 7) is 21.6. The van der Waals surface area contributed by atoms with E-state index in [1.54, 1.807) is 0 Å². The van der Waals surface area contributed by atoms with Gasteiger partial charge < -0.3 is 14.5 Å².